The summed E-state index contributed by atoms with van der Waals surface area (Å²) in [7, 11) is -3.66. The van der Waals surface area contributed by atoms with E-state index in [0.717, 1.165) is 18.4 Å². The van der Waals surface area contributed by atoms with Gasteiger partial charge in [0.1, 0.15) is 10.6 Å². The Balaban J connectivity index is 1.75. The van der Waals surface area contributed by atoms with Crippen molar-refractivity contribution in [3.05, 3.63) is 53.1 Å². The number of hydrogen-bond donors (Lipinski definition) is 1. The van der Waals surface area contributed by atoms with Gasteiger partial charge in [0.05, 0.1) is 6.61 Å². The van der Waals surface area contributed by atoms with E-state index in [0.29, 0.717) is 44.0 Å². The van der Waals surface area contributed by atoms with Crippen LogP contribution >= 0.6 is 0 Å². The van der Waals surface area contributed by atoms with Crippen molar-refractivity contribution in [1.29, 1.82) is 0 Å². The summed E-state index contributed by atoms with van der Waals surface area (Å²) >= 11 is 0. The quantitative estimate of drug-likeness (QED) is 0.685. The molecule has 3 rings (SSSR count). The Hall–Kier alpha value is -2.38. The third kappa shape index (κ3) is 5.21. The van der Waals surface area contributed by atoms with E-state index in [1.54, 1.807) is 12.1 Å². The van der Waals surface area contributed by atoms with Gasteiger partial charge in [-0.3, -0.25) is 4.79 Å². The minimum Gasteiger partial charge on any atom is -0.492 e. The van der Waals surface area contributed by atoms with Gasteiger partial charge in [-0.1, -0.05) is 23.8 Å². The summed E-state index contributed by atoms with van der Waals surface area (Å²) in [5.74, 6) is 0.168. The molecule has 0 radical (unpaired) electrons. The first-order valence-corrected chi connectivity index (χ1v) is 11.9. The third-order valence-corrected chi connectivity index (χ3v) is 7.25. The molecule has 0 unspecified atom stereocenters. The van der Waals surface area contributed by atoms with Crippen molar-refractivity contribution >= 4 is 21.6 Å². The van der Waals surface area contributed by atoms with Crippen LogP contribution in [-0.2, 0) is 21.2 Å². The zero-order valence-corrected chi connectivity index (χ0v) is 18.7. The molecular formula is C23H30N2O4S. The minimum atomic E-state index is -3.66. The van der Waals surface area contributed by atoms with E-state index in [9.17, 15) is 13.2 Å². The average molecular weight is 431 g/mol. The van der Waals surface area contributed by atoms with Crippen molar-refractivity contribution in [3.8, 4) is 5.75 Å². The van der Waals surface area contributed by atoms with Crippen LogP contribution in [0.1, 0.15) is 42.9 Å². The molecule has 162 valence electrons. The number of anilines is 1. The Morgan fingerprint density at radius 2 is 1.83 bits per heavy atom. The van der Waals surface area contributed by atoms with E-state index < -0.39 is 10.0 Å². The molecule has 1 heterocycles. The Morgan fingerprint density at radius 1 is 1.10 bits per heavy atom. The summed E-state index contributed by atoms with van der Waals surface area (Å²) in [6.45, 7) is 7.30. The lowest BCUT2D eigenvalue weighted by Gasteiger charge is -2.19. The summed E-state index contributed by atoms with van der Waals surface area (Å²) in [5, 5.41) is 2.84. The second-order valence-electron chi connectivity index (χ2n) is 7.68. The molecule has 1 aliphatic rings. The van der Waals surface area contributed by atoms with Gasteiger partial charge in [0.15, 0.2) is 0 Å². The minimum absolute atomic E-state index is 0.110. The smallest absolute Gasteiger partial charge is 0.246 e. The van der Waals surface area contributed by atoms with Gasteiger partial charge >= 0.3 is 0 Å². The Morgan fingerprint density at radius 3 is 2.50 bits per heavy atom. The van der Waals surface area contributed by atoms with Crippen molar-refractivity contribution in [3.63, 3.8) is 0 Å². The van der Waals surface area contributed by atoms with Crippen molar-refractivity contribution in [2.75, 3.05) is 25.0 Å². The molecule has 0 saturated carbocycles. The normalized spacial score (nSPS) is 14.6. The highest BCUT2D eigenvalue weighted by Crippen LogP contribution is 2.31. The first kappa shape index (κ1) is 22.3. The molecule has 30 heavy (non-hydrogen) atoms. The van der Waals surface area contributed by atoms with Crippen LogP contribution in [0.4, 0.5) is 5.69 Å². The van der Waals surface area contributed by atoms with E-state index >= 15 is 0 Å². The first-order chi connectivity index (χ1) is 14.3. The Kier molecular flexibility index (Phi) is 7.15. The molecule has 1 amide bonds. The molecular weight excluding hydrogens is 400 g/mol. The van der Waals surface area contributed by atoms with Crippen molar-refractivity contribution in [2.45, 2.75) is 51.3 Å². The molecule has 0 atom stereocenters. The number of nitrogens with one attached hydrogen (secondary N) is 1. The highest BCUT2D eigenvalue weighted by Gasteiger charge is 2.30. The Bertz CT molecular complexity index is 1010. The number of rotatable bonds is 8. The van der Waals surface area contributed by atoms with Gasteiger partial charge in [-0.15, -0.1) is 0 Å². The summed E-state index contributed by atoms with van der Waals surface area (Å²) < 4.78 is 33.2. The maximum absolute atomic E-state index is 13.1. The van der Waals surface area contributed by atoms with Gasteiger partial charge in [0.25, 0.3) is 0 Å². The van der Waals surface area contributed by atoms with Crippen molar-refractivity contribution < 1.29 is 17.9 Å². The van der Waals surface area contributed by atoms with E-state index in [2.05, 4.69) is 17.4 Å². The average Bonchev–Trinajstić information content (AvgIpc) is 3.24. The van der Waals surface area contributed by atoms with Crippen LogP contribution < -0.4 is 10.1 Å². The largest absolute Gasteiger partial charge is 0.492 e. The predicted molar refractivity (Wildman–Crippen MR) is 118 cm³/mol. The van der Waals surface area contributed by atoms with Crippen LogP contribution in [0.5, 0.6) is 5.75 Å². The lowest BCUT2D eigenvalue weighted by Crippen LogP contribution is -2.28. The molecule has 2 aromatic rings. The monoisotopic (exact) mass is 430 g/mol. The lowest BCUT2D eigenvalue weighted by molar-refractivity contribution is -0.116. The van der Waals surface area contributed by atoms with Gasteiger partial charge in [-0.25, -0.2) is 8.42 Å². The van der Waals surface area contributed by atoms with Gasteiger partial charge < -0.3 is 10.1 Å². The van der Waals surface area contributed by atoms with Gasteiger partial charge in [0, 0.05) is 25.2 Å². The molecule has 1 aliphatic heterocycles. The third-order valence-electron chi connectivity index (χ3n) is 5.33. The molecule has 1 N–H and O–H groups in total. The zero-order valence-electron chi connectivity index (χ0n) is 17.9. The SMILES string of the molecule is CCOc1ccc(NC(=O)CCc2ccc(C)cc2C)cc1S(=O)(=O)N1CCCC1. The maximum Gasteiger partial charge on any atom is 0.246 e. The molecule has 1 saturated heterocycles. The standard InChI is InChI=1S/C23H30N2O4S/c1-4-29-21-11-10-20(16-22(21)30(27,28)25-13-5-6-14-25)24-23(26)12-9-19-8-7-17(2)15-18(19)3/h7-8,10-11,15-16H,4-6,9,12-14H2,1-3H3,(H,24,26). The molecule has 2 aromatic carbocycles. The number of amides is 1. The Labute approximate surface area is 179 Å². The number of hydrogen-bond acceptors (Lipinski definition) is 4. The molecule has 0 bridgehead atoms. The highest BCUT2D eigenvalue weighted by atomic mass is 32.2. The van der Waals surface area contributed by atoms with Gasteiger partial charge in [-0.05, 0) is 69.4 Å². The van der Waals surface area contributed by atoms with E-state index in [1.165, 1.54) is 21.5 Å². The fourth-order valence-electron chi connectivity index (χ4n) is 3.73. The second kappa shape index (κ2) is 9.62. The number of aryl methyl sites for hydroxylation is 3. The fraction of sp³-hybridized carbons (Fsp3) is 0.435. The van der Waals surface area contributed by atoms with Crippen LogP contribution in [-0.4, -0.2) is 38.3 Å². The second-order valence-corrected chi connectivity index (χ2v) is 9.59. The number of carbonyl (C=O) groups excluding carboxylic acids is 1. The van der Waals surface area contributed by atoms with Crippen LogP contribution in [0, 0.1) is 13.8 Å². The van der Waals surface area contributed by atoms with Crippen molar-refractivity contribution in [2.24, 2.45) is 0 Å². The number of carbonyl (C=O) groups is 1. The summed E-state index contributed by atoms with van der Waals surface area (Å²) in [5.41, 5.74) is 3.96. The number of sulfonamides is 1. The van der Waals surface area contributed by atoms with Crippen LogP contribution in [0.15, 0.2) is 41.3 Å². The fourth-order valence-corrected chi connectivity index (χ4v) is 5.40. The van der Waals surface area contributed by atoms with Crippen LogP contribution in [0.3, 0.4) is 0 Å². The highest BCUT2D eigenvalue weighted by molar-refractivity contribution is 7.89. The van der Waals surface area contributed by atoms with Crippen LogP contribution in [0.2, 0.25) is 0 Å². The first-order valence-electron chi connectivity index (χ1n) is 10.4. The topological polar surface area (TPSA) is 75.7 Å². The van der Waals surface area contributed by atoms with E-state index in [1.807, 2.05) is 26.8 Å². The number of benzene rings is 2. The summed E-state index contributed by atoms with van der Waals surface area (Å²) in [6, 6.07) is 11.0. The van der Waals surface area contributed by atoms with Gasteiger partial charge in [-0.2, -0.15) is 4.31 Å². The number of nitrogens with zero attached hydrogens (tertiary/aromatic N) is 1. The van der Waals surface area contributed by atoms with E-state index in [-0.39, 0.29) is 10.8 Å². The van der Waals surface area contributed by atoms with Crippen molar-refractivity contribution in [1.82, 2.24) is 4.31 Å². The summed E-state index contributed by atoms with van der Waals surface area (Å²) in [4.78, 5) is 12.6. The molecule has 7 heteroatoms. The maximum atomic E-state index is 13.1. The molecule has 0 spiro atoms. The van der Waals surface area contributed by atoms with Crippen LogP contribution in [0.25, 0.3) is 0 Å². The molecule has 1 fully saturated rings. The lowest BCUT2D eigenvalue weighted by atomic mass is 10.0. The van der Waals surface area contributed by atoms with Gasteiger partial charge in [0.2, 0.25) is 15.9 Å². The zero-order chi connectivity index (χ0) is 21.7. The molecule has 0 aromatic heterocycles. The molecule has 0 aliphatic carbocycles. The van der Waals surface area contributed by atoms with E-state index in [4.69, 9.17) is 4.74 Å². The number of ether oxygens (including phenoxy) is 1. The predicted octanol–water partition coefficient (Wildman–Crippen LogP) is 4.06. The summed E-state index contributed by atoms with van der Waals surface area (Å²) in [6.07, 6.45) is 2.68. The molecule has 6 nitrogen and oxygen atoms in total.